The lowest BCUT2D eigenvalue weighted by molar-refractivity contribution is 0.171. The summed E-state index contributed by atoms with van der Waals surface area (Å²) in [7, 11) is -13.5. The number of hydrogen-bond donors (Lipinski definition) is 0. The number of sulfone groups is 1. The molecular weight excluding hydrogens is 445 g/mol. The van der Waals surface area contributed by atoms with E-state index in [9.17, 15) is 17.5 Å². The molecule has 0 bridgehead atoms. The zero-order valence-corrected chi connectivity index (χ0v) is 19.7. The topological polar surface area (TPSA) is 105 Å². The Bertz CT molecular complexity index is 813. The molecule has 0 aliphatic rings. The maximum absolute atomic E-state index is 16.4. The average Bonchev–Trinajstić information content (AvgIpc) is 2.67. The lowest BCUT2D eigenvalue weighted by Crippen LogP contribution is -2.37. The molecule has 0 aliphatic heterocycles. The predicted molar refractivity (Wildman–Crippen MR) is 109 cm³/mol. The van der Waals surface area contributed by atoms with Gasteiger partial charge in [-0.15, -0.1) is 0 Å². The first-order valence-electron chi connectivity index (χ1n) is 9.31. The first-order valence-corrected chi connectivity index (χ1v) is 14.1. The van der Waals surface area contributed by atoms with Gasteiger partial charge >= 0.3 is 19.9 Å². The first kappa shape index (κ1) is 26.4. The highest BCUT2D eigenvalue weighted by atomic mass is 32.2. The van der Waals surface area contributed by atoms with Crippen LogP contribution in [0.3, 0.4) is 0 Å². The molecule has 0 aliphatic carbocycles. The third-order valence-corrected chi connectivity index (χ3v) is 11.4. The normalized spacial score (nSPS) is 15.2. The van der Waals surface area contributed by atoms with Crippen LogP contribution in [0.2, 0.25) is 0 Å². The van der Waals surface area contributed by atoms with Gasteiger partial charge in [0.05, 0.1) is 37.5 Å². The molecule has 1 aromatic rings. The highest BCUT2D eigenvalue weighted by Crippen LogP contribution is 2.67. The van der Waals surface area contributed by atoms with E-state index in [0.29, 0.717) is 0 Å². The second kappa shape index (κ2) is 11.1. The van der Waals surface area contributed by atoms with Crippen molar-refractivity contribution in [3.8, 4) is 0 Å². The fourth-order valence-electron chi connectivity index (χ4n) is 2.60. The van der Waals surface area contributed by atoms with Gasteiger partial charge in [0, 0.05) is 6.42 Å². The Kier molecular flexibility index (Phi) is 10.2. The van der Waals surface area contributed by atoms with Crippen molar-refractivity contribution in [2.75, 3.05) is 32.6 Å². The Morgan fingerprint density at radius 1 is 0.862 bits per heavy atom. The minimum absolute atomic E-state index is 0.0105. The standard InChI is InChI=1S/C17H29FO8P2S/c1-5-23-27(19,24-6-2)15-14-17(18,28(20,25-7-3)26-8-4)29(21,22)16-12-10-9-11-13-16/h9-13H,5-8,14-15H2,1-4H3. The lowest BCUT2D eigenvalue weighted by Gasteiger charge is -2.32. The van der Waals surface area contributed by atoms with E-state index < -0.39 is 47.2 Å². The number of alkyl halides is 1. The van der Waals surface area contributed by atoms with Gasteiger partial charge < -0.3 is 18.1 Å². The van der Waals surface area contributed by atoms with Gasteiger partial charge in [-0.2, -0.15) is 0 Å². The molecule has 29 heavy (non-hydrogen) atoms. The van der Waals surface area contributed by atoms with Crippen molar-refractivity contribution in [3.63, 3.8) is 0 Å². The molecule has 1 aromatic carbocycles. The minimum atomic E-state index is -4.87. The lowest BCUT2D eigenvalue weighted by atomic mass is 10.4. The summed E-state index contributed by atoms with van der Waals surface area (Å²) in [5.41, 5.74) is 0. The van der Waals surface area contributed by atoms with Crippen LogP contribution in [0.25, 0.3) is 0 Å². The fraction of sp³-hybridized carbons (Fsp3) is 0.647. The van der Waals surface area contributed by atoms with Crippen molar-refractivity contribution in [1.29, 1.82) is 0 Å². The Morgan fingerprint density at radius 3 is 1.72 bits per heavy atom. The van der Waals surface area contributed by atoms with Crippen LogP contribution < -0.4 is 0 Å². The van der Waals surface area contributed by atoms with Crippen LogP contribution in [0, 0.1) is 0 Å². The van der Waals surface area contributed by atoms with Crippen molar-refractivity contribution < 1.29 is 40.0 Å². The highest BCUT2D eigenvalue weighted by Gasteiger charge is 2.62. The summed E-state index contributed by atoms with van der Waals surface area (Å²) in [5.74, 6) is 0. The third-order valence-electron chi connectivity index (χ3n) is 3.82. The molecule has 0 saturated carbocycles. The second-order valence-corrected chi connectivity index (χ2v) is 12.6. The van der Waals surface area contributed by atoms with E-state index in [4.69, 9.17) is 18.1 Å². The van der Waals surface area contributed by atoms with Gasteiger partial charge in [-0.3, -0.25) is 9.13 Å². The zero-order valence-electron chi connectivity index (χ0n) is 17.1. The molecule has 0 N–H and O–H groups in total. The molecule has 0 saturated heterocycles. The summed E-state index contributed by atoms with van der Waals surface area (Å²) < 4.78 is 85.7. The number of halogens is 1. The smallest absolute Gasteiger partial charge is 0.309 e. The number of hydrogen-bond acceptors (Lipinski definition) is 8. The van der Waals surface area contributed by atoms with Gasteiger partial charge in [0.25, 0.3) is 0 Å². The average molecular weight is 474 g/mol. The van der Waals surface area contributed by atoms with Crippen molar-refractivity contribution >= 4 is 25.0 Å². The molecule has 8 nitrogen and oxygen atoms in total. The maximum Gasteiger partial charge on any atom is 0.383 e. The second-order valence-electron chi connectivity index (χ2n) is 5.76. The summed E-state index contributed by atoms with van der Waals surface area (Å²) in [6.07, 6.45) is -1.58. The van der Waals surface area contributed by atoms with Gasteiger partial charge in [0.2, 0.25) is 9.84 Å². The minimum Gasteiger partial charge on any atom is -0.309 e. The van der Waals surface area contributed by atoms with Crippen LogP contribution in [0.15, 0.2) is 35.2 Å². The van der Waals surface area contributed by atoms with E-state index in [0.717, 1.165) is 0 Å². The molecule has 1 atom stereocenters. The first-order chi connectivity index (χ1) is 13.6. The van der Waals surface area contributed by atoms with Crippen molar-refractivity contribution in [2.24, 2.45) is 0 Å². The summed E-state index contributed by atoms with van der Waals surface area (Å²) in [4.78, 5) is -0.398. The predicted octanol–water partition coefficient (Wildman–Crippen LogP) is 5.01. The molecule has 0 radical (unpaired) electrons. The van der Waals surface area contributed by atoms with Crippen LogP contribution in [-0.4, -0.2) is 45.7 Å². The van der Waals surface area contributed by atoms with Gasteiger partial charge in [-0.1, -0.05) is 18.2 Å². The number of rotatable bonds is 14. The SMILES string of the molecule is CCOP(=O)(CCC(F)(P(=O)(OCC)OCC)S(=O)(=O)c1ccccc1)OCC. The van der Waals surface area contributed by atoms with Crippen molar-refractivity contribution in [2.45, 2.75) is 43.8 Å². The molecule has 12 heteroatoms. The summed E-state index contributed by atoms with van der Waals surface area (Å²) in [6.45, 7) is 5.54. The molecule has 0 fully saturated rings. The van der Waals surface area contributed by atoms with Crippen LogP contribution in [0.1, 0.15) is 34.1 Å². The van der Waals surface area contributed by atoms with Crippen LogP contribution >= 0.6 is 15.2 Å². The van der Waals surface area contributed by atoms with Gasteiger partial charge in [-0.05, 0) is 39.8 Å². The number of benzene rings is 1. The molecule has 0 aromatic heterocycles. The largest absolute Gasteiger partial charge is 0.383 e. The monoisotopic (exact) mass is 474 g/mol. The summed E-state index contributed by atoms with van der Waals surface area (Å²) in [6, 6.07) is 6.73. The maximum atomic E-state index is 16.4. The fourth-order valence-corrected chi connectivity index (χ4v) is 9.22. The van der Waals surface area contributed by atoms with Gasteiger partial charge in [0.15, 0.2) is 0 Å². The van der Waals surface area contributed by atoms with E-state index in [1.165, 1.54) is 38.1 Å². The zero-order chi connectivity index (χ0) is 22.2. The van der Waals surface area contributed by atoms with E-state index >= 15 is 4.39 Å². The third kappa shape index (κ3) is 5.97. The molecule has 1 rings (SSSR count). The van der Waals surface area contributed by atoms with Crippen LogP contribution in [-0.2, 0) is 37.1 Å². The Morgan fingerprint density at radius 2 is 1.31 bits per heavy atom. The Hall–Kier alpha value is -0.600. The van der Waals surface area contributed by atoms with Gasteiger partial charge in [0.1, 0.15) is 0 Å². The quantitative estimate of drug-likeness (QED) is 0.347. The molecular formula is C17H29FO8P2S. The molecule has 0 heterocycles. The van der Waals surface area contributed by atoms with Gasteiger partial charge in [-0.25, -0.2) is 12.8 Å². The van der Waals surface area contributed by atoms with Crippen molar-refractivity contribution in [3.05, 3.63) is 30.3 Å². The molecule has 0 amide bonds. The van der Waals surface area contributed by atoms with Crippen molar-refractivity contribution in [1.82, 2.24) is 0 Å². The van der Waals surface area contributed by atoms with Crippen LogP contribution in [0.4, 0.5) is 4.39 Å². The molecule has 168 valence electrons. The highest BCUT2D eigenvalue weighted by molar-refractivity contribution is 7.99. The van der Waals surface area contributed by atoms with Crippen LogP contribution in [0.5, 0.6) is 0 Å². The van der Waals surface area contributed by atoms with E-state index in [1.807, 2.05) is 0 Å². The Labute approximate surface area is 172 Å². The molecule has 0 spiro atoms. The molecule has 1 unspecified atom stereocenters. The van der Waals surface area contributed by atoms with E-state index in [-0.39, 0.29) is 26.4 Å². The van der Waals surface area contributed by atoms with E-state index in [1.54, 1.807) is 19.9 Å². The Balaban J connectivity index is 3.53. The van der Waals surface area contributed by atoms with E-state index in [2.05, 4.69) is 0 Å². The summed E-state index contributed by atoms with van der Waals surface area (Å²) >= 11 is 0. The summed E-state index contributed by atoms with van der Waals surface area (Å²) in [5, 5.41) is 0.